The molecule has 1 aromatic carbocycles. The second-order valence-electron chi connectivity index (χ2n) is 5.12. The Balaban J connectivity index is 2.91. The van der Waals surface area contributed by atoms with Crippen LogP contribution in [0.2, 0.25) is 0 Å². The van der Waals surface area contributed by atoms with Crippen molar-refractivity contribution in [1.82, 2.24) is 9.21 Å². The molecule has 1 N–H and O–H groups in total. The summed E-state index contributed by atoms with van der Waals surface area (Å²) in [6.45, 7) is 1.00. The molecule has 7 heteroatoms. The van der Waals surface area contributed by atoms with Crippen molar-refractivity contribution in [3.63, 3.8) is 0 Å². The lowest BCUT2D eigenvalue weighted by atomic mass is 10.2. The van der Waals surface area contributed by atoms with Gasteiger partial charge in [-0.05, 0) is 45.3 Å². The molecule has 0 saturated carbocycles. The van der Waals surface area contributed by atoms with Crippen molar-refractivity contribution in [3.05, 3.63) is 23.8 Å². The van der Waals surface area contributed by atoms with E-state index >= 15 is 0 Å². The minimum Gasteiger partial charge on any atom is -0.496 e. The molecular formula is C14H24N2O4S. The molecule has 0 radical (unpaired) electrons. The van der Waals surface area contributed by atoms with Gasteiger partial charge in [-0.15, -0.1) is 0 Å². The van der Waals surface area contributed by atoms with Gasteiger partial charge in [-0.3, -0.25) is 0 Å². The maximum atomic E-state index is 12.5. The van der Waals surface area contributed by atoms with E-state index in [1.165, 1.54) is 23.5 Å². The normalized spacial score (nSPS) is 12.1. The number of sulfonamides is 1. The smallest absolute Gasteiger partial charge is 0.242 e. The summed E-state index contributed by atoms with van der Waals surface area (Å²) in [5.41, 5.74) is 0.459. The van der Waals surface area contributed by atoms with Crippen molar-refractivity contribution < 1.29 is 18.3 Å². The van der Waals surface area contributed by atoms with Crippen LogP contribution in [0, 0.1) is 0 Å². The van der Waals surface area contributed by atoms with Crippen molar-refractivity contribution in [2.75, 3.05) is 41.3 Å². The van der Waals surface area contributed by atoms with Crippen molar-refractivity contribution in [2.45, 2.75) is 17.9 Å². The van der Waals surface area contributed by atoms with E-state index in [2.05, 4.69) is 0 Å². The largest absolute Gasteiger partial charge is 0.496 e. The van der Waals surface area contributed by atoms with Gasteiger partial charge < -0.3 is 14.7 Å². The first-order chi connectivity index (χ1) is 9.82. The number of hydrogen-bond acceptors (Lipinski definition) is 5. The number of aliphatic hydroxyl groups excluding tert-OH is 1. The average Bonchev–Trinajstić information content (AvgIpc) is 2.45. The Morgan fingerprint density at radius 3 is 2.38 bits per heavy atom. The van der Waals surface area contributed by atoms with E-state index in [1.807, 2.05) is 19.0 Å². The summed E-state index contributed by atoms with van der Waals surface area (Å²) >= 11 is 0. The third kappa shape index (κ3) is 4.67. The fourth-order valence-corrected chi connectivity index (χ4v) is 3.21. The van der Waals surface area contributed by atoms with Gasteiger partial charge in [0.1, 0.15) is 5.75 Å². The predicted octanol–water partition coefficient (Wildman–Crippen LogP) is 0.760. The van der Waals surface area contributed by atoms with E-state index in [-0.39, 0.29) is 11.5 Å². The summed E-state index contributed by atoms with van der Waals surface area (Å²) in [4.78, 5) is 2.18. The lowest BCUT2D eigenvalue weighted by molar-refractivity contribution is 0.273. The van der Waals surface area contributed by atoms with E-state index in [1.54, 1.807) is 13.1 Å². The zero-order valence-corrected chi connectivity index (χ0v) is 13.9. The molecule has 0 unspecified atom stereocenters. The fourth-order valence-electron chi connectivity index (χ4n) is 1.95. The summed E-state index contributed by atoms with van der Waals surface area (Å²) in [5.74, 6) is 0.478. The van der Waals surface area contributed by atoms with Crippen LogP contribution in [0.4, 0.5) is 0 Å². The standard InChI is InChI=1S/C14H24N2O4S/c1-15(2)8-5-9-16(3)21(18,19)13-6-7-14(20-4)12(10-13)11-17/h6-7,10,17H,5,8-9,11H2,1-4H3. The summed E-state index contributed by atoms with van der Waals surface area (Å²) < 4.78 is 31.3. The van der Waals surface area contributed by atoms with E-state index in [0.29, 0.717) is 17.9 Å². The van der Waals surface area contributed by atoms with E-state index < -0.39 is 10.0 Å². The van der Waals surface area contributed by atoms with Crippen LogP contribution in [0.15, 0.2) is 23.1 Å². The van der Waals surface area contributed by atoms with E-state index in [4.69, 9.17) is 4.74 Å². The molecule has 0 aliphatic heterocycles. The monoisotopic (exact) mass is 316 g/mol. The molecule has 0 aromatic heterocycles. The summed E-state index contributed by atoms with van der Waals surface area (Å²) in [7, 11) is 3.40. The molecular weight excluding hydrogens is 292 g/mol. The van der Waals surface area contributed by atoms with Crippen molar-refractivity contribution in [3.8, 4) is 5.75 Å². The molecule has 0 amide bonds. The third-order valence-electron chi connectivity index (χ3n) is 3.21. The summed E-state index contributed by atoms with van der Waals surface area (Å²) in [5, 5.41) is 9.29. The number of rotatable bonds is 8. The lowest BCUT2D eigenvalue weighted by Crippen LogP contribution is -2.30. The minimum absolute atomic E-state index is 0.166. The molecule has 1 rings (SSSR count). The quantitative estimate of drug-likeness (QED) is 0.767. The Morgan fingerprint density at radius 2 is 1.86 bits per heavy atom. The van der Waals surface area contributed by atoms with Crippen LogP contribution in [0.5, 0.6) is 5.75 Å². The molecule has 0 aliphatic carbocycles. The van der Waals surface area contributed by atoms with Gasteiger partial charge in [0.2, 0.25) is 10.0 Å². The van der Waals surface area contributed by atoms with Gasteiger partial charge in [-0.1, -0.05) is 0 Å². The fraction of sp³-hybridized carbons (Fsp3) is 0.571. The Hall–Kier alpha value is -1.15. The number of hydrogen-bond donors (Lipinski definition) is 1. The first kappa shape index (κ1) is 17.9. The second-order valence-corrected chi connectivity index (χ2v) is 7.16. The van der Waals surface area contributed by atoms with Gasteiger partial charge in [0.15, 0.2) is 0 Å². The highest BCUT2D eigenvalue weighted by Crippen LogP contribution is 2.24. The van der Waals surface area contributed by atoms with Gasteiger partial charge in [0, 0.05) is 19.2 Å². The molecule has 0 bridgehead atoms. The Morgan fingerprint density at radius 1 is 1.19 bits per heavy atom. The molecule has 0 saturated heterocycles. The van der Waals surface area contributed by atoms with Crippen LogP contribution in [0.3, 0.4) is 0 Å². The molecule has 6 nitrogen and oxygen atoms in total. The molecule has 0 aliphatic rings. The van der Waals surface area contributed by atoms with Crippen molar-refractivity contribution in [2.24, 2.45) is 0 Å². The topological polar surface area (TPSA) is 70.1 Å². The van der Waals surface area contributed by atoms with Crippen LogP contribution in [0.1, 0.15) is 12.0 Å². The van der Waals surface area contributed by atoms with Gasteiger partial charge in [0.05, 0.1) is 18.6 Å². The highest BCUT2D eigenvalue weighted by atomic mass is 32.2. The van der Waals surface area contributed by atoms with E-state index in [0.717, 1.165) is 13.0 Å². The molecule has 0 spiro atoms. The maximum absolute atomic E-state index is 12.5. The zero-order chi connectivity index (χ0) is 16.0. The summed E-state index contributed by atoms with van der Waals surface area (Å²) in [6, 6.07) is 4.51. The predicted molar refractivity (Wildman–Crippen MR) is 81.9 cm³/mol. The average molecular weight is 316 g/mol. The van der Waals surface area contributed by atoms with Crippen molar-refractivity contribution >= 4 is 10.0 Å². The van der Waals surface area contributed by atoms with Crippen LogP contribution in [-0.4, -0.2) is 64.1 Å². The summed E-state index contributed by atoms with van der Waals surface area (Å²) in [6.07, 6.45) is 0.756. The van der Waals surface area contributed by atoms with Crippen LogP contribution in [0.25, 0.3) is 0 Å². The zero-order valence-electron chi connectivity index (χ0n) is 13.0. The van der Waals surface area contributed by atoms with Crippen LogP contribution < -0.4 is 4.74 Å². The molecule has 21 heavy (non-hydrogen) atoms. The molecule has 1 aromatic rings. The van der Waals surface area contributed by atoms with Gasteiger partial charge in [0.25, 0.3) is 0 Å². The number of benzene rings is 1. The molecule has 0 atom stereocenters. The molecule has 120 valence electrons. The highest BCUT2D eigenvalue weighted by molar-refractivity contribution is 7.89. The maximum Gasteiger partial charge on any atom is 0.242 e. The van der Waals surface area contributed by atoms with Gasteiger partial charge in [-0.2, -0.15) is 0 Å². The molecule has 0 heterocycles. The number of methoxy groups -OCH3 is 1. The van der Waals surface area contributed by atoms with Crippen LogP contribution in [-0.2, 0) is 16.6 Å². The lowest BCUT2D eigenvalue weighted by Gasteiger charge is -2.19. The Kier molecular flexibility index (Phi) is 6.60. The second kappa shape index (κ2) is 7.74. The number of aliphatic hydroxyl groups is 1. The first-order valence-corrected chi connectivity index (χ1v) is 8.15. The van der Waals surface area contributed by atoms with Crippen LogP contribution >= 0.6 is 0 Å². The molecule has 0 fully saturated rings. The first-order valence-electron chi connectivity index (χ1n) is 6.71. The number of nitrogens with zero attached hydrogens (tertiary/aromatic N) is 2. The van der Waals surface area contributed by atoms with Gasteiger partial charge >= 0.3 is 0 Å². The van der Waals surface area contributed by atoms with Crippen molar-refractivity contribution in [1.29, 1.82) is 0 Å². The van der Waals surface area contributed by atoms with Gasteiger partial charge in [-0.25, -0.2) is 12.7 Å². The minimum atomic E-state index is -3.55. The Bertz CT molecular complexity index is 558. The highest BCUT2D eigenvalue weighted by Gasteiger charge is 2.21. The van der Waals surface area contributed by atoms with E-state index in [9.17, 15) is 13.5 Å². The Labute approximate surface area is 127 Å². The number of ether oxygens (including phenoxy) is 1. The third-order valence-corrected chi connectivity index (χ3v) is 5.06. The SMILES string of the molecule is COc1ccc(S(=O)(=O)N(C)CCCN(C)C)cc1CO.